The molecular formula is C30H54N3O3+. The highest BCUT2D eigenvalue weighted by Crippen LogP contribution is 2.12. The Bertz CT molecular complexity index is 703. The van der Waals surface area contributed by atoms with Crippen molar-refractivity contribution in [3.63, 3.8) is 0 Å². The fraction of sp³-hybridized carbons (Fsp3) is 0.733. The molecule has 1 rings (SSSR count). The molecule has 0 spiro atoms. The molecule has 0 radical (unpaired) electrons. The van der Waals surface area contributed by atoms with E-state index in [0.717, 1.165) is 24.9 Å². The van der Waals surface area contributed by atoms with Crippen LogP contribution in [0.15, 0.2) is 30.3 Å². The predicted molar refractivity (Wildman–Crippen MR) is 150 cm³/mol. The van der Waals surface area contributed by atoms with Gasteiger partial charge in [-0.05, 0) is 12.0 Å². The van der Waals surface area contributed by atoms with E-state index in [4.69, 9.17) is 4.74 Å². The van der Waals surface area contributed by atoms with Gasteiger partial charge in [0.25, 0.3) is 0 Å². The van der Waals surface area contributed by atoms with Gasteiger partial charge in [0.2, 0.25) is 0 Å². The monoisotopic (exact) mass is 504 g/mol. The maximum absolute atomic E-state index is 12.8. The normalized spacial score (nSPS) is 12.2. The molecule has 0 heterocycles. The minimum Gasteiger partial charge on any atom is -0.461 e. The Morgan fingerprint density at radius 2 is 1.39 bits per heavy atom. The number of amides is 2. The van der Waals surface area contributed by atoms with Crippen LogP contribution in [0.3, 0.4) is 0 Å². The minimum absolute atomic E-state index is 0.118. The molecule has 36 heavy (non-hydrogen) atoms. The highest BCUT2D eigenvalue weighted by molar-refractivity contribution is 5.76. The van der Waals surface area contributed by atoms with Crippen molar-refractivity contribution in [1.82, 2.24) is 10.2 Å². The average molecular weight is 505 g/mol. The number of nitrogens with zero attached hydrogens (tertiary/aromatic N) is 2. The van der Waals surface area contributed by atoms with Crippen LogP contribution in [0, 0.1) is 0 Å². The lowest BCUT2D eigenvalue weighted by atomic mass is 10.1. The Balaban J connectivity index is 2.26. The van der Waals surface area contributed by atoms with E-state index < -0.39 is 0 Å². The van der Waals surface area contributed by atoms with E-state index in [1.807, 2.05) is 37.4 Å². The number of carbonyl (C=O) groups excluding carboxylic acids is 2. The molecule has 0 aliphatic heterocycles. The van der Waals surface area contributed by atoms with Crippen LogP contribution in [0.4, 0.5) is 4.79 Å². The summed E-state index contributed by atoms with van der Waals surface area (Å²) in [6.45, 7) is 3.90. The van der Waals surface area contributed by atoms with Crippen LogP contribution >= 0.6 is 0 Å². The number of carbonyl (C=O) groups is 2. The van der Waals surface area contributed by atoms with Crippen molar-refractivity contribution in [2.75, 3.05) is 41.3 Å². The van der Waals surface area contributed by atoms with Crippen LogP contribution in [0.2, 0.25) is 0 Å². The number of hydrogen-bond donors (Lipinski definition) is 1. The van der Waals surface area contributed by atoms with Gasteiger partial charge >= 0.3 is 12.0 Å². The summed E-state index contributed by atoms with van der Waals surface area (Å²) in [6, 6.07) is 9.27. The largest absolute Gasteiger partial charge is 0.461 e. The summed E-state index contributed by atoms with van der Waals surface area (Å²) in [5.74, 6) is -0.291. The van der Waals surface area contributed by atoms with E-state index in [1.54, 1.807) is 4.90 Å². The summed E-state index contributed by atoms with van der Waals surface area (Å²) in [4.78, 5) is 27.0. The van der Waals surface area contributed by atoms with E-state index in [1.165, 1.54) is 64.2 Å². The molecule has 0 aliphatic rings. The molecular weight excluding hydrogens is 450 g/mol. The van der Waals surface area contributed by atoms with Gasteiger partial charge in [0.15, 0.2) is 0 Å². The lowest BCUT2D eigenvalue weighted by molar-refractivity contribution is -0.871. The summed E-state index contributed by atoms with van der Waals surface area (Å²) in [6.07, 6.45) is 15.8. The fourth-order valence-electron chi connectivity index (χ4n) is 4.40. The van der Waals surface area contributed by atoms with Gasteiger partial charge in [0.05, 0.1) is 40.2 Å². The third-order valence-electron chi connectivity index (χ3n) is 6.45. The highest BCUT2D eigenvalue weighted by Gasteiger charge is 2.25. The molecule has 0 unspecified atom stereocenters. The molecule has 0 aliphatic carbocycles. The first-order chi connectivity index (χ1) is 17.2. The Morgan fingerprint density at radius 3 is 1.92 bits per heavy atom. The highest BCUT2D eigenvalue weighted by atomic mass is 16.5. The van der Waals surface area contributed by atoms with Gasteiger partial charge < -0.3 is 19.4 Å². The Morgan fingerprint density at radius 1 is 0.861 bits per heavy atom. The molecule has 0 saturated carbocycles. The van der Waals surface area contributed by atoms with Crippen LogP contribution in [-0.2, 0) is 16.1 Å². The first-order valence-electron chi connectivity index (χ1n) is 14.2. The van der Waals surface area contributed by atoms with E-state index in [-0.39, 0.29) is 31.1 Å². The maximum atomic E-state index is 12.8. The first kappa shape index (κ1) is 31.9. The second-order valence-electron chi connectivity index (χ2n) is 11.3. The van der Waals surface area contributed by atoms with Crippen molar-refractivity contribution in [2.24, 2.45) is 0 Å². The molecule has 206 valence electrons. The third-order valence-corrected chi connectivity index (χ3v) is 6.45. The van der Waals surface area contributed by atoms with Gasteiger partial charge in [0.1, 0.15) is 6.61 Å². The zero-order chi connectivity index (χ0) is 26.7. The lowest BCUT2D eigenvalue weighted by Crippen LogP contribution is -2.52. The summed E-state index contributed by atoms with van der Waals surface area (Å²) in [5.41, 5.74) is 0.959. The van der Waals surface area contributed by atoms with Crippen LogP contribution in [0.25, 0.3) is 0 Å². The van der Waals surface area contributed by atoms with Crippen molar-refractivity contribution in [2.45, 2.75) is 103 Å². The van der Waals surface area contributed by atoms with Crippen molar-refractivity contribution in [3.05, 3.63) is 35.9 Å². The van der Waals surface area contributed by atoms with Crippen LogP contribution in [0.1, 0.15) is 96.0 Å². The molecule has 0 bridgehead atoms. The number of quaternary nitrogens is 1. The number of ether oxygens (including phenoxy) is 1. The SMILES string of the molecule is CCCCCCCCCCCCCCN(C)C(=O)N[C@H](CC(=O)OCc1ccccc1)C[N+](C)(C)C. The Kier molecular flexibility index (Phi) is 16.9. The number of nitrogens with one attached hydrogen (secondary N) is 1. The lowest BCUT2D eigenvalue weighted by Gasteiger charge is -2.30. The summed E-state index contributed by atoms with van der Waals surface area (Å²) in [7, 11) is 8.02. The fourth-order valence-corrected chi connectivity index (χ4v) is 4.40. The topological polar surface area (TPSA) is 58.6 Å². The third kappa shape index (κ3) is 17.4. The molecule has 6 heteroatoms. The van der Waals surface area contributed by atoms with Crippen molar-refractivity contribution in [1.29, 1.82) is 0 Å². The van der Waals surface area contributed by atoms with E-state index in [9.17, 15) is 9.59 Å². The quantitative estimate of drug-likeness (QED) is 0.125. The number of hydrogen-bond acceptors (Lipinski definition) is 3. The second kappa shape index (κ2) is 19.1. The molecule has 1 aromatic carbocycles. The smallest absolute Gasteiger partial charge is 0.317 e. The van der Waals surface area contributed by atoms with Gasteiger partial charge in [-0.25, -0.2) is 4.79 Å². The van der Waals surface area contributed by atoms with Gasteiger partial charge in [-0.1, -0.05) is 108 Å². The summed E-state index contributed by atoms with van der Waals surface area (Å²) >= 11 is 0. The molecule has 1 N–H and O–H groups in total. The van der Waals surface area contributed by atoms with E-state index >= 15 is 0 Å². The average Bonchev–Trinajstić information content (AvgIpc) is 2.82. The zero-order valence-corrected chi connectivity index (χ0v) is 23.9. The number of urea groups is 1. The van der Waals surface area contributed by atoms with Gasteiger partial charge in [-0.3, -0.25) is 4.79 Å². The first-order valence-corrected chi connectivity index (χ1v) is 14.2. The molecule has 2 amide bonds. The Hall–Kier alpha value is -2.08. The Labute approximate surface area is 221 Å². The number of esters is 1. The van der Waals surface area contributed by atoms with Crippen LogP contribution in [-0.4, -0.2) is 68.7 Å². The van der Waals surface area contributed by atoms with Crippen LogP contribution < -0.4 is 5.32 Å². The predicted octanol–water partition coefficient (Wildman–Crippen LogP) is 6.54. The molecule has 6 nitrogen and oxygen atoms in total. The number of likely N-dealkylation sites (N-methyl/N-ethyl adjacent to an activating group) is 1. The van der Waals surface area contributed by atoms with Crippen molar-refractivity contribution >= 4 is 12.0 Å². The molecule has 1 atom stereocenters. The molecule has 0 aromatic heterocycles. The number of benzene rings is 1. The van der Waals surface area contributed by atoms with E-state index in [0.29, 0.717) is 11.0 Å². The van der Waals surface area contributed by atoms with Crippen molar-refractivity contribution in [3.8, 4) is 0 Å². The van der Waals surface area contributed by atoms with Gasteiger partial charge in [-0.2, -0.15) is 0 Å². The number of unbranched alkanes of at least 4 members (excludes halogenated alkanes) is 11. The standard InChI is InChI=1S/C30H53N3O3/c1-6-7-8-9-10-11-12-13-14-15-16-20-23-32(2)30(35)31-28(25-33(3,4)5)24-29(34)36-26-27-21-18-17-19-22-27/h17-19,21-22,28H,6-16,20,23-26H2,1-5H3/p+1/t28-/m1/s1. The van der Waals surface area contributed by atoms with Crippen molar-refractivity contribution < 1.29 is 18.8 Å². The molecule has 1 aromatic rings. The zero-order valence-electron chi connectivity index (χ0n) is 23.9. The van der Waals surface area contributed by atoms with E-state index in [2.05, 4.69) is 33.4 Å². The number of rotatable bonds is 20. The minimum atomic E-state index is -0.291. The van der Waals surface area contributed by atoms with Crippen LogP contribution in [0.5, 0.6) is 0 Å². The molecule has 0 fully saturated rings. The summed E-state index contributed by atoms with van der Waals surface area (Å²) in [5, 5.41) is 3.07. The van der Waals surface area contributed by atoms with Gasteiger partial charge in [0, 0.05) is 13.6 Å². The summed E-state index contributed by atoms with van der Waals surface area (Å²) < 4.78 is 6.11. The maximum Gasteiger partial charge on any atom is 0.317 e. The second-order valence-corrected chi connectivity index (χ2v) is 11.3. The molecule has 0 saturated heterocycles. The van der Waals surface area contributed by atoms with Gasteiger partial charge in [-0.15, -0.1) is 0 Å².